The van der Waals surface area contributed by atoms with E-state index in [0.29, 0.717) is 5.69 Å². The van der Waals surface area contributed by atoms with Crippen LogP contribution in [0.15, 0.2) is 24.3 Å². The molecule has 0 aliphatic carbocycles. The van der Waals surface area contributed by atoms with Crippen molar-refractivity contribution in [2.75, 3.05) is 14.2 Å². The van der Waals surface area contributed by atoms with E-state index in [2.05, 4.69) is 4.74 Å². The fourth-order valence-corrected chi connectivity index (χ4v) is 2.08. The summed E-state index contributed by atoms with van der Waals surface area (Å²) in [6, 6.07) is 6.78. The normalized spacial score (nSPS) is 12.4. The Bertz CT molecular complexity index is 589. The van der Waals surface area contributed by atoms with E-state index >= 15 is 0 Å². The fraction of sp³-hybridized carbons (Fsp3) is 0.308. The molecule has 1 unspecified atom stereocenters. The van der Waals surface area contributed by atoms with Gasteiger partial charge in [-0.2, -0.15) is 0 Å². The first-order valence-electron chi connectivity index (χ1n) is 5.56. The van der Waals surface area contributed by atoms with Gasteiger partial charge >= 0.3 is 5.97 Å². The Morgan fingerprint density at radius 3 is 2.72 bits per heavy atom. The van der Waals surface area contributed by atoms with Crippen LogP contribution in [-0.2, 0) is 16.6 Å². The zero-order valence-electron chi connectivity index (χ0n) is 10.6. The minimum absolute atomic E-state index is 0.458. The molecule has 0 spiro atoms. The van der Waals surface area contributed by atoms with E-state index in [4.69, 9.17) is 10.5 Å². The first-order chi connectivity index (χ1) is 8.60. The van der Waals surface area contributed by atoms with Crippen molar-refractivity contribution in [3.05, 3.63) is 30.0 Å². The molecule has 0 fully saturated rings. The topological polar surface area (TPSA) is 66.5 Å². The van der Waals surface area contributed by atoms with Gasteiger partial charge in [0.25, 0.3) is 0 Å². The zero-order chi connectivity index (χ0) is 13.3. The molecule has 5 nitrogen and oxygen atoms in total. The Kier molecular flexibility index (Phi) is 3.25. The highest BCUT2D eigenvalue weighted by Gasteiger charge is 2.21. The van der Waals surface area contributed by atoms with Gasteiger partial charge in [0, 0.05) is 18.1 Å². The Balaban J connectivity index is 2.60. The standard InChI is InChI=1S/C13H16N2O3/c1-15-9-5-4-6-11(17-2)8(9)7-10(15)12(14)13(16)18-3/h4-7,12H,14H2,1-3H3. The van der Waals surface area contributed by atoms with Gasteiger partial charge in [-0.15, -0.1) is 0 Å². The number of fused-ring (bicyclic) bond motifs is 1. The molecule has 5 heteroatoms. The smallest absolute Gasteiger partial charge is 0.328 e. The molecule has 0 bridgehead atoms. The molecule has 0 saturated heterocycles. The van der Waals surface area contributed by atoms with E-state index in [9.17, 15) is 4.79 Å². The highest BCUT2D eigenvalue weighted by molar-refractivity contribution is 5.89. The molecule has 0 amide bonds. The maximum absolute atomic E-state index is 11.5. The molecule has 18 heavy (non-hydrogen) atoms. The fourth-order valence-electron chi connectivity index (χ4n) is 2.08. The summed E-state index contributed by atoms with van der Waals surface area (Å²) in [7, 11) is 4.80. The second kappa shape index (κ2) is 4.70. The molecular formula is C13H16N2O3. The second-order valence-corrected chi connectivity index (χ2v) is 4.02. The number of rotatable bonds is 3. The van der Waals surface area contributed by atoms with E-state index < -0.39 is 12.0 Å². The molecule has 0 aliphatic heterocycles. The minimum Gasteiger partial charge on any atom is -0.496 e. The van der Waals surface area contributed by atoms with Crippen molar-refractivity contribution >= 4 is 16.9 Å². The largest absolute Gasteiger partial charge is 0.496 e. The number of ether oxygens (including phenoxy) is 2. The summed E-state index contributed by atoms with van der Waals surface area (Å²) in [5.41, 5.74) is 7.53. The van der Waals surface area contributed by atoms with Crippen LogP contribution in [0.25, 0.3) is 10.9 Å². The summed E-state index contributed by atoms with van der Waals surface area (Å²) < 4.78 is 11.8. The Hall–Kier alpha value is -2.01. The number of carbonyl (C=O) groups excluding carboxylic acids is 1. The van der Waals surface area contributed by atoms with Gasteiger partial charge in [0.15, 0.2) is 0 Å². The lowest BCUT2D eigenvalue weighted by atomic mass is 10.2. The lowest BCUT2D eigenvalue weighted by Gasteiger charge is -2.10. The molecule has 2 N–H and O–H groups in total. The molecule has 2 rings (SSSR count). The molecule has 1 aromatic carbocycles. The van der Waals surface area contributed by atoms with Crippen LogP contribution in [0.3, 0.4) is 0 Å². The maximum Gasteiger partial charge on any atom is 0.328 e. The molecule has 96 valence electrons. The number of aromatic nitrogens is 1. The Morgan fingerprint density at radius 2 is 2.11 bits per heavy atom. The molecule has 0 radical (unpaired) electrons. The summed E-state index contributed by atoms with van der Waals surface area (Å²) in [6.07, 6.45) is 0. The SMILES string of the molecule is COC(=O)C(N)c1cc2c(OC)cccc2n1C. The average Bonchev–Trinajstić information content (AvgIpc) is 2.74. The molecule has 1 atom stereocenters. The van der Waals surface area contributed by atoms with Crippen molar-refractivity contribution in [3.8, 4) is 5.75 Å². The third-order valence-electron chi connectivity index (χ3n) is 3.08. The van der Waals surface area contributed by atoms with E-state index in [1.807, 2.05) is 35.9 Å². The first kappa shape index (κ1) is 12.4. The highest BCUT2D eigenvalue weighted by atomic mass is 16.5. The third kappa shape index (κ3) is 1.82. The highest BCUT2D eigenvalue weighted by Crippen LogP contribution is 2.30. The molecule has 1 aromatic heterocycles. The van der Waals surface area contributed by atoms with E-state index in [-0.39, 0.29) is 0 Å². The number of carbonyl (C=O) groups is 1. The van der Waals surface area contributed by atoms with Crippen molar-refractivity contribution in [3.63, 3.8) is 0 Å². The number of nitrogens with zero attached hydrogens (tertiary/aromatic N) is 1. The van der Waals surface area contributed by atoms with Crippen LogP contribution in [0.5, 0.6) is 5.75 Å². The van der Waals surface area contributed by atoms with Crippen molar-refractivity contribution in [1.29, 1.82) is 0 Å². The third-order valence-corrected chi connectivity index (χ3v) is 3.08. The number of esters is 1. The van der Waals surface area contributed by atoms with Crippen LogP contribution in [0.2, 0.25) is 0 Å². The molecule has 0 saturated carbocycles. The maximum atomic E-state index is 11.5. The molecule has 2 aromatic rings. The second-order valence-electron chi connectivity index (χ2n) is 4.02. The Morgan fingerprint density at radius 1 is 1.39 bits per heavy atom. The quantitative estimate of drug-likeness (QED) is 0.833. The van der Waals surface area contributed by atoms with Crippen LogP contribution in [0, 0.1) is 0 Å². The van der Waals surface area contributed by atoms with Gasteiger partial charge in [0.2, 0.25) is 0 Å². The minimum atomic E-state index is -0.794. The van der Waals surface area contributed by atoms with Crippen molar-refractivity contribution in [2.45, 2.75) is 6.04 Å². The van der Waals surface area contributed by atoms with Crippen LogP contribution < -0.4 is 10.5 Å². The van der Waals surface area contributed by atoms with Gasteiger partial charge < -0.3 is 19.8 Å². The first-order valence-corrected chi connectivity index (χ1v) is 5.56. The number of nitrogens with two attached hydrogens (primary N) is 1. The lowest BCUT2D eigenvalue weighted by Crippen LogP contribution is -2.24. The predicted octanol–water partition coefficient (Wildman–Crippen LogP) is 1.36. The number of benzene rings is 1. The zero-order valence-corrected chi connectivity index (χ0v) is 10.6. The summed E-state index contributed by atoms with van der Waals surface area (Å²) in [5, 5.41) is 0.928. The van der Waals surface area contributed by atoms with Gasteiger partial charge in [-0.05, 0) is 18.2 Å². The molecular weight excluding hydrogens is 232 g/mol. The van der Waals surface area contributed by atoms with Crippen LogP contribution >= 0.6 is 0 Å². The van der Waals surface area contributed by atoms with Crippen molar-refractivity contribution in [1.82, 2.24) is 4.57 Å². The lowest BCUT2D eigenvalue weighted by molar-refractivity contribution is -0.142. The van der Waals surface area contributed by atoms with Crippen molar-refractivity contribution < 1.29 is 14.3 Å². The van der Waals surface area contributed by atoms with Gasteiger partial charge in [0.05, 0.1) is 19.7 Å². The number of hydrogen-bond acceptors (Lipinski definition) is 4. The molecule has 1 heterocycles. The summed E-state index contributed by atoms with van der Waals surface area (Å²) in [6.45, 7) is 0. The summed E-state index contributed by atoms with van der Waals surface area (Å²) >= 11 is 0. The molecule has 0 aliphatic rings. The van der Waals surface area contributed by atoms with Crippen LogP contribution in [0.4, 0.5) is 0 Å². The summed E-state index contributed by atoms with van der Waals surface area (Å²) in [5.74, 6) is 0.297. The van der Waals surface area contributed by atoms with Crippen LogP contribution in [0.1, 0.15) is 11.7 Å². The monoisotopic (exact) mass is 248 g/mol. The number of hydrogen-bond donors (Lipinski definition) is 1. The van der Waals surface area contributed by atoms with Gasteiger partial charge in [-0.3, -0.25) is 0 Å². The van der Waals surface area contributed by atoms with Gasteiger partial charge in [0.1, 0.15) is 11.8 Å². The van der Waals surface area contributed by atoms with Gasteiger partial charge in [-0.25, -0.2) is 4.79 Å². The van der Waals surface area contributed by atoms with E-state index in [1.165, 1.54) is 7.11 Å². The van der Waals surface area contributed by atoms with Crippen LogP contribution in [-0.4, -0.2) is 24.8 Å². The number of aryl methyl sites for hydroxylation is 1. The average molecular weight is 248 g/mol. The van der Waals surface area contributed by atoms with Gasteiger partial charge in [-0.1, -0.05) is 6.07 Å². The van der Waals surface area contributed by atoms with E-state index in [1.54, 1.807) is 7.11 Å². The Labute approximate surface area is 105 Å². The van der Waals surface area contributed by atoms with E-state index in [0.717, 1.165) is 16.7 Å². The number of methoxy groups -OCH3 is 2. The summed E-state index contributed by atoms with van der Waals surface area (Å²) in [4.78, 5) is 11.5. The van der Waals surface area contributed by atoms with Crippen molar-refractivity contribution in [2.24, 2.45) is 12.8 Å². The predicted molar refractivity (Wildman–Crippen MR) is 68.4 cm³/mol.